The number of benzene rings is 1. The zero-order valence-corrected chi connectivity index (χ0v) is 14.2. The highest BCUT2D eigenvalue weighted by Gasteiger charge is 2.20. The number of hydrogen-bond acceptors (Lipinski definition) is 5. The number of aromatic nitrogens is 1. The minimum Gasteiger partial charge on any atom is -0.388 e. The van der Waals surface area contributed by atoms with E-state index in [4.69, 9.17) is 0 Å². The first kappa shape index (κ1) is 15.9. The average molecular weight is 325 g/mol. The molecular weight excluding hydrogens is 306 g/mol. The topological polar surface area (TPSA) is 71.1 Å². The molecule has 0 amide bonds. The van der Waals surface area contributed by atoms with E-state index < -0.39 is 10.0 Å². The van der Waals surface area contributed by atoms with Crippen LogP contribution in [-0.4, -0.2) is 20.4 Å². The van der Waals surface area contributed by atoms with Gasteiger partial charge in [0.25, 0.3) is 0 Å². The molecule has 1 heterocycles. The largest absolute Gasteiger partial charge is 0.388 e. The normalized spacial score (nSPS) is 11.6. The van der Waals surface area contributed by atoms with E-state index in [2.05, 4.69) is 15.0 Å². The van der Waals surface area contributed by atoms with Gasteiger partial charge in [-0.1, -0.05) is 0 Å². The Morgan fingerprint density at radius 3 is 2.29 bits per heavy atom. The number of rotatable bonds is 5. The summed E-state index contributed by atoms with van der Waals surface area (Å²) in [4.78, 5) is 5.37. The van der Waals surface area contributed by atoms with Gasteiger partial charge >= 0.3 is 0 Å². The molecule has 2 rings (SSSR count). The zero-order chi connectivity index (χ0) is 15.6. The van der Waals surface area contributed by atoms with Crippen LogP contribution in [0.4, 0.5) is 5.69 Å². The summed E-state index contributed by atoms with van der Waals surface area (Å²) in [6.45, 7) is 5.77. The lowest BCUT2D eigenvalue weighted by Gasteiger charge is -2.13. The van der Waals surface area contributed by atoms with Crippen LogP contribution in [0.2, 0.25) is 0 Å². The van der Waals surface area contributed by atoms with Gasteiger partial charge in [0.2, 0.25) is 10.0 Å². The number of hydrogen-bond donors (Lipinski definition) is 2. The molecule has 0 radical (unpaired) electrons. The highest BCUT2D eigenvalue weighted by Crippen LogP contribution is 2.24. The summed E-state index contributed by atoms with van der Waals surface area (Å²) in [5, 5.41) is 3.95. The van der Waals surface area contributed by atoms with Crippen LogP contribution in [0, 0.1) is 20.8 Å². The zero-order valence-electron chi connectivity index (χ0n) is 12.5. The third kappa shape index (κ3) is 3.61. The monoisotopic (exact) mass is 325 g/mol. The van der Waals surface area contributed by atoms with Gasteiger partial charge in [0.1, 0.15) is 0 Å². The third-order valence-electron chi connectivity index (χ3n) is 3.12. The minimum absolute atomic E-state index is 0.264. The maximum atomic E-state index is 12.5. The molecule has 2 aromatic rings. The molecule has 0 unspecified atom stereocenters. The average Bonchev–Trinajstić information content (AvgIpc) is 2.81. The smallest absolute Gasteiger partial charge is 0.241 e. The molecule has 0 aliphatic carbocycles. The Morgan fingerprint density at radius 1 is 1.19 bits per heavy atom. The number of nitrogens with one attached hydrogen (secondary N) is 2. The number of anilines is 1. The molecular formula is C14H19N3O2S2. The Bertz CT molecular complexity index is 728. The van der Waals surface area contributed by atoms with Crippen molar-refractivity contribution in [2.45, 2.75) is 32.2 Å². The van der Waals surface area contributed by atoms with Crippen LogP contribution in [0.3, 0.4) is 0 Å². The summed E-state index contributed by atoms with van der Waals surface area (Å²) in [7, 11) is -1.72. The molecule has 0 spiro atoms. The lowest BCUT2D eigenvalue weighted by Crippen LogP contribution is -2.24. The van der Waals surface area contributed by atoms with Crippen molar-refractivity contribution in [3.63, 3.8) is 0 Å². The highest BCUT2D eigenvalue weighted by atomic mass is 32.2. The molecule has 0 saturated heterocycles. The molecule has 114 valence electrons. The van der Waals surface area contributed by atoms with E-state index in [1.165, 1.54) is 11.3 Å². The number of nitrogens with zero attached hydrogens (tertiary/aromatic N) is 1. The van der Waals surface area contributed by atoms with Crippen molar-refractivity contribution >= 4 is 27.0 Å². The number of sulfonamides is 1. The summed E-state index contributed by atoms with van der Waals surface area (Å²) in [6, 6.07) is 3.66. The second-order valence-electron chi connectivity index (χ2n) is 4.86. The van der Waals surface area contributed by atoms with E-state index in [0.29, 0.717) is 4.90 Å². The number of aryl methyl sites for hydroxylation is 3. The molecule has 1 aromatic heterocycles. The fraction of sp³-hybridized carbons (Fsp3) is 0.357. The minimum atomic E-state index is -3.53. The van der Waals surface area contributed by atoms with Crippen molar-refractivity contribution in [1.29, 1.82) is 0 Å². The van der Waals surface area contributed by atoms with E-state index in [1.807, 2.05) is 26.1 Å². The molecule has 0 saturated carbocycles. The Labute approximate surface area is 129 Å². The first-order valence-electron chi connectivity index (χ1n) is 6.53. The van der Waals surface area contributed by atoms with Crippen LogP contribution in [0.15, 0.2) is 23.2 Å². The van der Waals surface area contributed by atoms with E-state index >= 15 is 0 Å². The summed E-state index contributed by atoms with van der Waals surface area (Å²) in [6.07, 6.45) is 1.70. The molecule has 0 bridgehead atoms. The van der Waals surface area contributed by atoms with E-state index in [-0.39, 0.29) is 6.54 Å². The molecule has 0 fully saturated rings. The van der Waals surface area contributed by atoms with Gasteiger partial charge in [-0.05, 0) is 44.0 Å². The molecule has 5 nitrogen and oxygen atoms in total. The van der Waals surface area contributed by atoms with E-state index in [9.17, 15) is 8.42 Å². The number of thiazole rings is 1. The molecule has 7 heteroatoms. The van der Waals surface area contributed by atoms with Gasteiger partial charge in [-0.3, -0.25) is 0 Å². The molecule has 0 atom stereocenters. The van der Waals surface area contributed by atoms with Crippen LogP contribution >= 0.6 is 11.3 Å². The summed E-state index contributed by atoms with van der Waals surface area (Å²) >= 11 is 1.49. The van der Waals surface area contributed by atoms with Crippen LogP contribution in [0.1, 0.15) is 21.0 Å². The quantitative estimate of drug-likeness (QED) is 0.886. The van der Waals surface area contributed by atoms with Crippen molar-refractivity contribution in [1.82, 2.24) is 9.71 Å². The lowest BCUT2D eigenvalue weighted by atomic mass is 10.1. The SMILES string of the molecule is CNc1cc(C)c(S(=O)(=O)NCc2cnc(C)s2)c(C)c1. The van der Waals surface area contributed by atoms with Crippen LogP contribution in [-0.2, 0) is 16.6 Å². The van der Waals surface area contributed by atoms with Crippen molar-refractivity contribution < 1.29 is 8.42 Å². The van der Waals surface area contributed by atoms with Gasteiger partial charge in [-0.2, -0.15) is 0 Å². The second kappa shape index (κ2) is 6.13. The van der Waals surface area contributed by atoms with Crippen LogP contribution in [0.25, 0.3) is 0 Å². The maximum Gasteiger partial charge on any atom is 0.241 e. The van der Waals surface area contributed by atoms with Gasteiger partial charge in [0.15, 0.2) is 0 Å². The van der Waals surface area contributed by atoms with Crippen LogP contribution in [0.5, 0.6) is 0 Å². The maximum absolute atomic E-state index is 12.5. The van der Waals surface area contributed by atoms with Crippen molar-refractivity contribution in [2.24, 2.45) is 0 Å². The predicted molar refractivity (Wildman–Crippen MR) is 86.3 cm³/mol. The molecule has 21 heavy (non-hydrogen) atoms. The van der Waals surface area contributed by atoms with Gasteiger partial charge in [-0.15, -0.1) is 11.3 Å². The summed E-state index contributed by atoms with van der Waals surface area (Å²) in [5.41, 5.74) is 2.36. The molecule has 2 N–H and O–H groups in total. The lowest BCUT2D eigenvalue weighted by molar-refractivity contribution is 0.580. The Balaban J connectivity index is 2.27. The molecule has 0 aliphatic heterocycles. The second-order valence-corrected chi connectivity index (χ2v) is 7.88. The standard InChI is InChI=1S/C14H19N3O2S2/c1-9-5-12(15-4)6-10(2)14(9)21(18,19)17-8-13-7-16-11(3)20-13/h5-7,15,17H,8H2,1-4H3. The van der Waals surface area contributed by atoms with Gasteiger partial charge in [-0.25, -0.2) is 18.1 Å². The highest BCUT2D eigenvalue weighted by molar-refractivity contribution is 7.89. The Morgan fingerprint density at radius 2 is 1.81 bits per heavy atom. The Kier molecular flexibility index (Phi) is 4.65. The fourth-order valence-corrected chi connectivity index (χ4v) is 4.53. The fourth-order valence-electron chi connectivity index (χ4n) is 2.24. The van der Waals surface area contributed by atoms with Gasteiger partial charge in [0.05, 0.1) is 9.90 Å². The van der Waals surface area contributed by atoms with Gasteiger partial charge in [0, 0.05) is 30.4 Å². The first-order valence-corrected chi connectivity index (χ1v) is 8.83. The van der Waals surface area contributed by atoms with E-state index in [1.54, 1.807) is 20.0 Å². The predicted octanol–water partition coefficient (Wildman–Crippen LogP) is 2.59. The molecule has 1 aromatic carbocycles. The van der Waals surface area contributed by atoms with Crippen molar-refractivity contribution in [3.8, 4) is 0 Å². The summed E-state index contributed by atoms with van der Waals surface area (Å²) < 4.78 is 27.7. The third-order valence-corrected chi connectivity index (χ3v) is 5.74. The molecule has 0 aliphatic rings. The summed E-state index contributed by atoms with van der Waals surface area (Å²) in [5.74, 6) is 0. The Hall–Kier alpha value is -1.44. The van der Waals surface area contributed by atoms with Crippen molar-refractivity contribution in [3.05, 3.63) is 39.3 Å². The van der Waals surface area contributed by atoms with E-state index in [0.717, 1.165) is 26.7 Å². The van der Waals surface area contributed by atoms with Gasteiger partial charge < -0.3 is 5.32 Å². The van der Waals surface area contributed by atoms with Crippen molar-refractivity contribution in [2.75, 3.05) is 12.4 Å². The van der Waals surface area contributed by atoms with Crippen LogP contribution < -0.4 is 10.0 Å². The first-order chi connectivity index (χ1) is 9.83.